The topological polar surface area (TPSA) is 77.2 Å². The van der Waals surface area contributed by atoms with Gasteiger partial charge in [-0.2, -0.15) is 15.0 Å². The third-order valence-electron chi connectivity index (χ3n) is 5.00. The fourth-order valence-corrected chi connectivity index (χ4v) is 3.53. The number of hydrogen-bond donors (Lipinski definition) is 1. The van der Waals surface area contributed by atoms with Crippen molar-refractivity contribution in [3.8, 4) is 0 Å². The number of benzene rings is 2. The van der Waals surface area contributed by atoms with E-state index in [2.05, 4.69) is 71.2 Å². The molecule has 4 rings (SSSR count). The number of nitrogens with two attached hydrogens (primary N) is 1. The van der Waals surface area contributed by atoms with Crippen molar-refractivity contribution in [3.63, 3.8) is 0 Å². The molecule has 1 aromatic heterocycles. The molecule has 0 unspecified atom stereocenters. The molecule has 140 valence electrons. The van der Waals surface area contributed by atoms with Crippen molar-refractivity contribution in [2.24, 2.45) is 0 Å². The lowest BCUT2D eigenvalue weighted by molar-refractivity contribution is 0.122. The second-order valence-corrected chi connectivity index (χ2v) is 7.66. The minimum atomic E-state index is -0.263. The summed E-state index contributed by atoms with van der Waals surface area (Å²) < 4.78 is 5.42. The number of nitrogens with zero attached hydrogens (tertiary/aromatic N) is 4. The maximum atomic E-state index is 6.01. The van der Waals surface area contributed by atoms with E-state index >= 15 is 0 Å². The van der Waals surface area contributed by atoms with Crippen LogP contribution in [0.25, 0.3) is 10.8 Å². The quantitative estimate of drug-likeness (QED) is 0.768. The highest BCUT2D eigenvalue weighted by molar-refractivity contribution is 5.83. The van der Waals surface area contributed by atoms with E-state index in [0.717, 1.165) is 25.3 Å². The Labute approximate surface area is 159 Å². The lowest BCUT2D eigenvalue weighted by Crippen LogP contribution is -2.38. The summed E-state index contributed by atoms with van der Waals surface area (Å²) in [5.41, 5.74) is 7.00. The molecule has 1 aliphatic heterocycles. The molecule has 0 radical (unpaired) electrons. The van der Waals surface area contributed by atoms with Crippen molar-refractivity contribution in [1.29, 1.82) is 0 Å². The van der Waals surface area contributed by atoms with Gasteiger partial charge in [0.25, 0.3) is 0 Å². The molecule has 1 saturated heterocycles. The average molecular weight is 363 g/mol. The zero-order valence-electron chi connectivity index (χ0n) is 15.9. The van der Waals surface area contributed by atoms with Crippen LogP contribution in [0.15, 0.2) is 42.5 Å². The number of morpholine rings is 1. The number of aromatic nitrogens is 3. The van der Waals surface area contributed by atoms with Crippen molar-refractivity contribution >= 4 is 22.7 Å². The molecule has 0 spiro atoms. The molecule has 2 aromatic carbocycles. The monoisotopic (exact) mass is 363 g/mol. The Balaban J connectivity index is 1.62. The molecule has 0 amide bonds. The second kappa shape index (κ2) is 7.12. The van der Waals surface area contributed by atoms with Crippen LogP contribution < -0.4 is 10.6 Å². The molecule has 0 saturated carbocycles. The predicted molar refractivity (Wildman–Crippen MR) is 108 cm³/mol. The van der Waals surface area contributed by atoms with E-state index < -0.39 is 0 Å². The number of nitrogen functional groups attached to an aromatic ring is 1. The van der Waals surface area contributed by atoms with Crippen molar-refractivity contribution in [2.45, 2.75) is 25.7 Å². The van der Waals surface area contributed by atoms with Gasteiger partial charge in [0.2, 0.25) is 11.9 Å². The number of anilines is 2. The summed E-state index contributed by atoms with van der Waals surface area (Å²) in [6.07, 6.45) is 0.823. The Hall–Kier alpha value is -2.73. The predicted octanol–water partition coefficient (Wildman–Crippen LogP) is 2.96. The summed E-state index contributed by atoms with van der Waals surface area (Å²) in [4.78, 5) is 15.7. The maximum Gasteiger partial charge on any atom is 0.230 e. The van der Waals surface area contributed by atoms with Gasteiger partial charge in [0.15, 0.2) is 0 Å². The molecule has 6 heteroatoms. The lowest BCUT2D eigenvalue weighted by Gasteiger charge is -2.29. The van der Waals surface area contributed by atoms with E-state index in [9.17, 15) is 0 Å². The first-order chi connectivity index (χ1) is 13.0. The Morgan fingerprint density at radius 3 is 2.52 bits per heavy atom. The largest absolute Gasteiger partial charge is 0.378 e. The molecule has 0 aliphatic carbocycles. The fourth-order valence-electron chi connectivity index (χ4n) is 3.53. The Morgan fingerprint density at radius 2 is 1.74 bits per heavy atom. The normalized spacial score (nSPS) is 15.3. The van der Waals surface area contributed by atoms with Crippen LogP contribution in [0.2, 0.25) is 0 Å². The number of fused-ring (bicyclic) bond motifs is 1. The highest BCUT2D eigenvalue weighted by Crippen LogP contribution is 2.28. The van der Waals surface area contributed by atoms with Crippen molar-refractivity contribution in [2.75, 3.05) is 36.9 Å². The number of ether oxygens (including phenoxy) is 1. The molecule has 3 aromatic rings. The lowest BCUT2D eigenvalue weighted by atomic mass is 9.84. The number of hydrogen-bond acceptors (Lipinski definition) is 6. The molecular formula is C21H25N5O. The first-order valence-corrected chi connectivity index (χ1v) is 9.34. The molecule has 6 nitrogen and oxygen atoms in total. The number of rotatable bonds is 4. The van der Waals surface area contributed by atoms with E-state index in [4.69, 9.17) is 15.5 Å². The van der Waals surface area contributed by atoms with E-state index in [-0.39, 0.29) is 11.4 Å². The van der Waals surface area contributed by atoms with Gasteiger partial charge in [-0.05, 0) is 22.8 Å². The van der Waals surface area contributed by atoms with Crippen LogP contribution in [-0.4, -0.2) is 41.3 Å². The van der Waals surface area contributed by atoms with E-state index in [1.165, 1.54) is 16.3 Å². The molecular weight excluding hydrogens is 338 g/mol. The van der Waals surface area contributed by atoms with Gasteiger partial charge in [-0.3, -0.25) is 0 Å². The van der Waals surface area contributed by atoms with E-state index in [1.54, 1.807) is 0 Å². The van der Waals surface area contributed by atoms with Crippen molar-refractivity contribution in [1.82, 2.24) is 15.0 Å². The smallest absolute Gasteiger partial charge is 0.230 e. The summed E-state index contributed by atoms with van der Waals surface area (Å²) >= 11 is 0. The van der Waals surface area contributed by atoms with Crippen LogP contribution in [0, 0.1) is 0 Å². The van der Waals surface area contributed by atoms with Crippen molar-refractivity contribution in [3.05, 3.63) is 53.9 Å². The molecule has 0 bridgehead atoms. The van der Waals surface area contributed by atoms with E-state index in [0.29, 0.717) is 19.2 Å². The minimum absolute atomic E-state index is 0.263. The molecule has 2 N–H and O–H groups in total. The average Bonchev–Trinajstić information content (AvgIpc) is 2.68. The summed E-state index contributed by atoms with van der Waals surface area (Å²) in [6.45, 7) is 7.21. The molecule has 27 heavy (non-hydrogen) atoms. The summed E-state index contributed by atoms with van der Waals surface area (Å²) in [6, 6.07) is 15.0. The first-order valence-electron chi connectivity index (χ1n) is 9.34. The molecule has 1 fully saturated rings. The molecule has 1 aliphatic rings. The van der Waals surface area contributed by atoms with Crippen LogP contribution in [0.5, 0.6) is 0 Å². The summed E-state index contributed by atoms with van der Waals surface area (Å²) in [5, 5.41) is 2.49. The van der Waals surface area contributed by atoms with Gasteiger partial charge in [0.1, 0.15) is 5.82 Å². The minimum Gasteiger partial charge on any atom is -0.378 e. The first kappa shape index (κ1) is 17.7. The van der Waals surface area contributed by atoms with Crippen LogP contribution in [0.1, 0.15) is 25.2 Å². The van der Waals surface area contributed by atoms with Gasteiger partial charge in [0.05, 0.1) is 13.2 Å². The summed E-state index contributed by atoms with van der Waals surface area (Å²) in [5.74, 6) is 1.64. The SMILES string of the molecule is CC(C)(Cc1ccc2ccccc2c1)c1nc(N)nc(N2CCOCC2)n1. The zero-order chi connectivity index (χ0) is 18.9. The van der Waals surface area contributed by atoms with Gasteiger partial charge in [-0.25, -0.2) is 0 Å². The second-order valence-electron chi connectivity index (χ2n) is 7.66. The Bertz CT molecular complexity index is 950. The van der Waals surface area contributed by atoms with E-state index in [1.807, 2.05) is 0 Å². The van der Waals surface area contributed by atoms with Gasteiger partial charge in [-0.15, -0.1) is 0 Å². The standard InChI is InChI=1S/C21H25N5O/c1-21(2,14-15-7-8-16-5-3-4-6-17(16)13-15)18-23-19(22)25-20(24-18)26-9-11-27-12-10-26/h3-8,13H,9-12,14H2,1-2H3,(H2,22,23,24,25). The fraction of sp³-hybridized carbons (Fsp3) is 0.381. The Kier molecular flexibility index (Phi) is 4.66. The highest BCUT2D eigenvalue weighted by atomic mass is 16.5. The summed E-state index contributed by atoms with van der Waals surface area (Å²) in [7, 11) is 0. The third kappa shape index (κ3) is 3.85. The highest BCUT2D eigenvalue weighted by Gasteiger charge is 2.27. The van der Waals surface area contributed by atoms with Crippen LogP contribution >= 0.6 is 0 Å². The zero-order valence-corrected chi connectivity index (χ0v) is 15.9. The molecule has 2 heterocycles. The van der Waals surface area contributed by atoms with Crippen molar-refractivity contribution < 1.29 is 4.74 Å². The van der Waals surface area contributed by atoms with Crippen LogP contribution in [-0.2, 0) is 16.6 Å². The van der Waals surface area contributed by atoms with Gasteiger partial charge >= 0.3 is 0 Å². The van der Waals surface area contributed by atoms with Crippen LogP contribution in [0.4, 0.5) is 11.9 Å². The Morgan fingerprint density at radius 1 is 1.00 bits per heavy atom. The van der Waals surface area contributed by atoms with Gasteiger partial charge < -0.3 is 15.4 Å². The van der Waals surface area contributed by atoms with Gasteiger partial charge in [-0.1, -0.05) is 56.3 Å². The maximum absolute atomic E-state index is 6.01. The molecule has 0 atom stereocenters. The third-order valence-corrected chi connectivity index (χ3v) is 5.00. The van der Waals surface area contributed by atoms with Gasteiger partial charge in [0, 0.05) is 18.5 Å². The van der Waals surface area contributed by atoms with Crippen LogP contribution in [0.3, 0.4) is 0 Å².